The predicted molar refractivity (Wildman–Crippen MR) is 209 cm³/mol. The average Bonchev–Trinajstić information content (AvgIpc) is 3.09. The van der Waals surface area contributed by atoms with Crippen molar-refractivity contribution < 1.29 is 58.3 Å². The van der Waals surface area contributed by atoms with Crippen molar-refractivity contribution >= 4 is 23.9 Å². The Labute approximate surface area is 336 Å². The molecule has 0 unspecified atom stereocenters. The van der Waals surface area contributed by atoms with E-state index in [1.807, 2.05) is 0 Å². The van der Waals surface area contributed by atoms with Gasteiger partial charge in [0.05, 0.1) is 0 Å². The van der Waals surface area contributed by atoms with E-state index in [0.717, 1.165) is 103 Å². The number of hydrogen-bond donors (Lipinski definition) is 0. The number of carboxylic acid groups (broad SMARTS) is 2. The molecule has 0 N–H and O–H groups in total. The summed E-state index contributed by atoms with van der Waals surface area (Å²) in [6, 6.07) is 0. The summed E-state index contributed by atoms with van der Waals surface area (Å²) in [6.07, 6.45) is 33.4. The molecule has 0 bridgehead atoms. The number of aliphatic carboxylic acids is 2. The van der Waals surface area contributed by atoms with E-state index in [1.54, 1.807) is 13.8 Å². The zero-order valence-electron chi connectivity index (χ0n) is 34.2. The molecule has 0 saturated heterocycles. The second-order valence-electron chi connectivity index (χ2n) is 14.1. The van der Waals surface area contributed by atoms with Gasteiger partial charge in [-0.25, -0.2) is 9.59 Å². The maximum absolute atomic E-state index is 11.8. The molecule has 0 fully saturated rings. The van der Waals surface area contributed by atoms with Gasteiger partial charge in [-0.15, -0.1) is 0 Å². The van der Waals surface area contributed by atoms with E-state index in [4.69, 9.17) is 9.47 Å². The first-order valence-electron chi connectivity index (χ1n) is 20.4. The number of allylic oxidation sites excluding steroid dienone is 2. The molecule has 0 aliphatic rings. The molecule has 0 aromatic carbocycles. The van der Waals surface area contributed by atoms with Crippen molar-refractivity contribution in [2.75, 3.05) is 0 Å². The van der Waals surface area contributed by atoms with Crippen LogP contribution in [0, 0.1) is 0 Å². The fraction of sp³-hybridized carbons (Fsp3) is 0.727. The Morgan fingerprint density at radius 1 is 0.509 bits per heavy atom. The summed E-state index contributed by atoms with van der Waals surface area (Å²) in [5.41, 5.74) is 0.900. The van der Waals surface area contributed by atoms with Gasteiger partial charge in [0.25, 0.3) is 0 Å². The minimum absolute atomic E-state index is 0. The normalized spacial score (nSPS) is 12.0. The Morgan fingerprint density at radius 3 is 1.15 bits per heavy atom. The molecule has 0 heterocycles. The summed E-state index contributed by atoms with van der Waals surface area (Å²) in [5, 5.41) is 20.6. The SMILES string of the molecule is C=C(C)C(=O)O[C@@H](C/C=C\CCCCCCCC(=O)[O-])CCCCCC.C=C(C)C(=O)O[C@@H](C/C=C\CCCCCCCC(=O)[O-])CCCCCC.[Zn+2]. The molecule has 0 aromatic heterocycles. The molecule has 2 atom stereocenters. The molecule has 8 nitrogen and oxygen atoms in total. The largest absolute Gasteiger partial charge is 2.00 e. The molecule has 0 aliphatic heterocycles. The predicted octanol–water partition coefficient (Wildman–Crippen LogP) is 9.74. The molecule has 0 aromatic rings. The van der Waals surface area contributed by atoms with Crippen molar-refractivity contribution in [3.05, 3.63) is 48.6 Å². The molecule has 300 valence electrons. The van der Waals surface area contributed by atoms with Gasteiger partial charge in [0.15, 0.2) is 0 Å². The summed E-state index contributed by atoms with van der Waals surface area (Å²) >= 11 is 0. The molecule has 0 rings (SSSR count). The van der Waals surface area contributed by atoms with E-state index < -0.39 is 11.9 Å². The van der Waals surface area contributed by atoms with Gasteiger partial charge in [0, 0.05) is 35.9 Å². The zero-order chi connectivity index (χ0) is 39.2. The van der Waals surface area contributed by atoms with E-state index in [-0.39, 0.29) is 56.5 Å². The summed E-state index contributed by atoms with van der Waals surface area (Å²) in [7, 11) is 0. The number of carboxylic acids is 2. The topological polar surface area (TPSA) is 133 Å². The van der Waals surface area contributed by atoms with Crippen molar-refractivity contribution in [2.45, 2.75) is 207 Å². The van der Waals surface area contributed by atoms with Gasteiger partial charge in [-0.3, -0.25) is 0 Å². The van der Waals surface area contributed by atoms with Gasteiger partial charge in [0.2, 0.25) is 0 Å². The molecule has 9 heteroatoms. The molecular formula is C44H74O8Zn. The number of carbonyl (C=O) groups excluding carboxylic acids is 4. The number of ether oxygens (including phenoxy) is 2. The van der Waals surface area contributed by atoms with Crippen LogP contribution in [0.5, 0.6) is 0 Å². The number of hydrogen-bond acceptors (Lipinski definition) is 8. The quantitative estimate of drug-likeness (QED) is 0.0207. The van der Waals surface area contributed by atoms with Crippen LogP contribution < -0.4 is 10.2 Å². The van der Waals surface area contributed by atoms with Crippen LogP contribution in [0.3, 0.4) is 0 Å². The van der Waals surface area contributed by atoms with Crippen LogP contribution in [0.2, 0.25) is 0 Å². The first-order chi connectivity index (χ1) is 24.9. The average molecular weight is 796 g/mol. The van der Waals surface area contributed by atoms with Crippen molar-refractivity contribution in [1.82, 2.24) is 0 Å². The van der Waals surface area contributed by atoms with Gasteiger partial charge in [-0.2, -0.15) is 0 Å². The first-order valence-corrected chi connectivity index (χ1v) is 20.4. The fourth-order valence-corrected chi connectivity index (χ4v) is 5.41. The van der Waals surface area contributed by atoms with Crippen LogP contribution in [0.25, 0.3) is 0 Å². The van der Waals surface area contributed by atoms with Crippen molar-refractivity contribution in [1.29, 1.82) is 0 Å². The Balaban J connectivity index is -0.000000926. The third kappa shape index (κ3) is 42.1. The van der Waals surface area contributed by atoms with Crippen LogP contribution in [-0.4, -0.2) is 36.1 Å². The summed E-state index contributed by atoms with van der Waals surface area (Å²) < 4.78 is 11.1. The summed E-state index contributed by atoms with van der Waals surface area (Å²) in [6.45, 7) is 15.0. The molecule has 0 amide bonds. The van der Waals surface area contributed by atoms with E-state index >= 15 is 0 Å². The van der Waals surface area contributed by atoms with E-state index in [9.17, 15) is 29.4 Å². The minimum atomic E-state index is -0.954. The molecule has 0 spiro atoms. The van der Waals surface area contributed by atoms with Crippen molar-refractivity contribution in [3.63, 3.8) is 0 Å². The third-order valence-electron chi connectivity index (χ3n) is 8.64. The van der Waals surface area contributed by atoms with Gasteiger partial charge < -0.3 is 29.3 Å². The summed E-state index contributed by atoms with van der Waals surface area (Å²) in [5.74, 6) is -2.50. The first kappa shape index (κ1) is 54.8. The number of esters is 2. The Bertz CT molecular complexity index is 939. The monoisotopic (exact) mass is 794 g/mol. The minimum Gasteiger partial charge on any atom is -0.550 e. The van der Waals surface area contributed by atoms with E-state index in [2.05, 4.69) is 51.3 Å². The van der Waals surface area contributed by atoms with Gasteiger partial charge >= 0.3 is 31.4 Å². The zero-order valence-corrected chi connectivity index (χ0v) is 37.2. The second-order valence-corrected chi connectivity index (χ2v) is 14.1. The second kappa shape index (κ2) is 40.6. The van der Waals surface area contributed by atoms with Crippen LogP contribution in [0.4, 0.5) is 0 Å². The maximum atomic E-state index is 11.8. The summed E-state index contributed by atoms with van der Waals surface area (Å²) in [4.78, 5) is 44.1. The van der Waals surface area contributed by atoms with Crippen LogP contribution in [0.15, 0.2) is 48.6 Å². The van der Waals surface area contributed by atoms with E-state index in [0.29, 0.717) is 24.0 Å². The third-order valence-corrected chi connectivity index (χ3v) is 8.64. The van der Waals surface area contributed by atoms with Crippen LogP contribution in [0.1, 0.15) is 195 Å². The smallest absolute Gasteiger partial charge is 0.550 e. The van der Waals surface area contributed by atoms with Crippen molar-refractivity contribution in [2.24, 2.45) is 0 Å². The van der Waals surface area contributed by atoms with Gasteiger partial charge in [0.1, 0.15) is 12.2 Å². The standard InChI is InChI=1S/2C22H38O4.Zn/c2*1-4-5-6-13-16-20(26-22(25)19(2)3)17-14-11-9-7-8-10-12-15-18-21(23)24;/h2*11,14,20H,2,4-10,12-13,15-18H2,1,3H3,(H,23,24);/q;;+2/p-2/b2*14-11-;/t2*20-;/m11./s1. The number of carbonyl (C=O) groups is 4. The fourth-order valence-electron chi connectivity index (χ4n) is 5.41. The van der Waals surface area contributed by atoms with Crippen LogP contribution in [-0.2, 0) is 48.1 Å². The Hall–Kier alpha value is -2.54. The Kier molecular flexibility index (Phi) is 42.0. The molecular weight excluding hydrogens is 722 g/mol. The maximum Gasteiger partial charge on any atom is 2.00 e. The van der Waals surface area contributed by atoms with Gasteiger partial charge in [-0.1, -0.05) is 128 Å². The van der Waals surface area contributed by atoms with Crippen LogP contribution >= 0.6 is 0 Å². The van der Waals surface area contributed by atoms with Gasteiger partial charge in [-0.05, 0) is 90.9 Å². The number of rotatable bonds is 34. The number of unbranched alkanes of at least 4 members (excludes halogenated alkanes) is 16. The molecule has 0 aliphatic carbocycles. The molecule has 53 heavy (non-hydrogen) atoms. The van der Waals surface area contributed by atoms with Crippen molar-refractivity contribution in [3.8, 4) is 0 Å². The Morgan fingerprint density at radius 2 is 0.830 bits per heavy atom. The molecule has 0 radical (unpaired) electrons. The van der Waals surface area contributed by atoms with E-state index in [1.165, 1.54) is 38.5 Å². The molecule has 0 saturated carbocycles.